The number of carbonyl (C=O) groups excluding carboxylic acids is 2. The lowest BCUT2D eigenvalue weighted by molar-refractivity contribution is -0.119. The Morgan fingerprint density at radius 3 is 2.15 bits per heavy atom. The minimum atomic E-state index is -0.202. The van der Waals surface area contributed by atoms with Gasteiger partial charge in [-0.25, -0.2) is 0 Å². The standard InChI is InChI=1S/C19H22ClN3O3/c1-3-23(13-19(25)22-16-6-4-5-14(20)11-16)12-18(24)21-15-7-9-17(26-2)10-8-15/h4-11H,3,12-13H2,1-2H3,(H,21,24)(H,22,25). The number of amides is 2. The van der Waals surface area contributed by atoms with Crippen LogP contribution >= 0.6 is 11.6 Å². The number of benzene rings is 2. The van der Waals surface area contributed by atoms with Crippen molar-refractivity contribution in [1.29, 1.82) is 0 Å². The summed E-state index contributed by atoms with van der Waals surface area (Å²) in [5.74, 6) is 0.329. The molecule has 0 aromatic heterocycles. The van der Waals surface area contributed by atoms with Gasteiger partial charge in [-0.05, 0) is 49.0 Å². The summed E-state index contributed by atoms with van der Waals surface area (Å²) >= 11 is 5.90. The molecule has 0 radical (unpaired) electrons. The average molecular weight is 376 g/mol. The van der Waals surface area contributed by atoms with Gasteiger partial charge in [0.15, 0.2) is 0 Å². The van der Waals surface area contributed by atoms with E-state index < -0.39 is 0 Å². The van der Waals surface area contributed by atoms with Crippen molar-refractivity contribution in [3.8, 4) is 5.75 Å². The highest BCUT2D eigenvalue weighted by Gasteiger charge is 2.13. The van der Waals surface area contributed by atoms with Gasteiger partial charge in [-0.3, -0.25) is 14.5 Å². The number of methoxy groups -OCH3 is 1. The van der Waals surface area contributed by atoms with Crippen LogP contribution in [-0.2, 0) is 9.59 Å². The minimum absolute atomic E-state index is 0.110. The number of ether oxygens (including phenoxy) is 1. The summed E-state index contributed by atoms with van der Waals surface area (Å²) in [5.41, 5.74) is 1.30. The lowest BCUT2D eigenvalue weighted by atomic mass is 10.3. The molecule has 0 aliphatic rings. The normalized spacial score (nSPS) is 10.5. The average Bonchev–Trinajstić information content (AvgIpc) is 2.61. The molecule has 6 nitrogen and oxygen atoms in total. The van der Waals surface area contributed by atoms with Gasteiger partial charge in [0.05, 0.1) is 20.2 Å². The number of halogens is 1. The predicted molar refractivity (Wildman–Crippen MR) is 104 cm³/mol. The first-order valence-corrected chi connectivity index (χ1v) is 8.59. The summed E-state index contributed by atoms with van der Waals surface area (Å²) in [6.07, 6.45) is 0. The molecule has 2 amide bonds. The fourth-order valence-corrected chi connectivity index (χ4v) is 2.52. The van der Waals surface area contributed by atoms with E-state index in [0.29, 0.717) is 22.9 Å². The third-order valence-corrected chi connectivity index (χ3v) is 3.90. The molecule has 2 aromatic rings. The molecule has 0 saturated carbocycles. The third kappa shape index (κ3) is 6.38. The van der Waals surface area contributed by atoms with Crippen molar-refractivity contribution >= 4 is 34.8 Å². The maximum absolute atomic E-state index is 12.2. The highest BCUT2D eigenvalue weighted by molar-refractivity contribution is 6.30. The Bertz CT molecular complexity index is 750. The Kier molecular flexibility index (Phi) is 7.44. The number of rotatable bonds is 8. The fraction of sp³-hybridized carbons (Fsp3) is 0.263. The van der Waals surface area contributed by atoms with Gasteiger partial charge in [-0.15, -0.1) is 0 Å². The first kappa shape index (κ1) is 19.8. The lowest BCUT2D eigenvalue weighted by Crippen LogP contribution is -2.38. The van der Waals surface area contributed by atoms with Gasteiger partial charge in [-0.2, -0.15) is 0 Å². The molecule has 7 heteroatoms. The van der Waals surface area contributed by atoms with Crippen LogP contribution in [0.4, 0.5) is 11.4 Å². The van der Waals surface area contributed by atoms with E-state index in [9.17, 15) is 9.59 Å². The van der Waals surface area contributed by atoms with Crippen LogP contribution in [0.1, 0.15) is 6.92 Å². The van der Waals surface area contributed by atoms with Gasteiger partial charge >= 0.3 is 0 Å². The molecule has 0 aliphatic carbocycles. The molecule has 138 valence electrons. The monoisotopic (exact) mass is 375 g/mol. The molecule has 0 fully saturated rings. The highest BCUT2D eigenvalue weighted by atomic mass is 35.5. The van der Waals surface area contributed by atoms with Gasteiger partial charge in [-0.1, -0.05) is 24.6 Å². The zero-order valence-corrected chi connectivity index (χ0v) is 15.5. The quantitative estimate of drug-likeness (QED) is 0.743. The zero-order valence-electron chi connectivity index (χ0n) is 14.8. The molecule has 0 bridgehead atoms. The molecule has 0 atom stereocenters. The topological polar surface area (TPSA) is 70.7 Å². The minimum Gasteiger partial charge on any atom is -0.497 e. The van der Waals surface area contributed by atoms with E-state index in [1.807, 2.05) is 6.92 Å². The highest BCUT2D eigenvalue weighted by Crippen LogP contribution is 2.16. The number of carbonyl (C=O) groups is 2. The van der Waals surface area contributed by atoms with Crippen LogP contribution in [0.5, 0.6) is 5.75 Å². The van der Waals surface area contributed by atoms with Crippen LogP contribution in [0.2, 0.25) is 5.02 Å². The molecule has 0 unspecified atom stereocenters. The predicted octanol–water partition coefficient (Wildman–Crippen LogP) is 3.25. The molecule has 0 heterocycles. The number of nitrogens with one attached hydrogen (secondary N) is 2. The molecular weight excluding hydrogens is 354 g/mol. The van der Waals surface area contributed by atoms with Gasteiger partial charge in [0.1, 0.15) is 5.75 Å². The van der Waals surface area contributed by atoms with Crippen LogP contribution in [-0.4, -0.2) is 43.5 Å². The van der Waals surface area contributed by atoms with Crippen LogP contribution in [0.15, 0.2) is 48.5 Å². The second kappa shape index (κ2) is 9.79. The Balaban J connectivity index is 1.85. The van der Waals surface area contributed by atoms with Crippen molar-refractivity contribution < 1.29 is 14.3 Å². The maximum atomic E-state index is 12.2. The Morgan fingerprint density at radius 1 is 1.00 bits per heavy atom. The van der Waals surface area contributed by atoms with E-state index in [4.69, 9.17) is 16.3 Å². The van der Waals surface area contributed by atoms with E-state index in [1.54, 1.807) is 60.5 Å². The summed E-state index contributed by atoms with van der Waals surface area (Å²) in [5, 5.41) is 6.13. The van der Waals surface area contributed by atoms with E-state index in [0.717, 1.165) is 5.75 Å². The van der Waals surface area contributed by atoms with Crippen molar-refractivity contribution in [3.63, 3.8) is 0 Å². The third-order valence-electron chi connectivity index (χ3n) is 3.66. The summed E-state index contributed by atoms with van der Waals surface area (Å²) in [7, 11) is 1.58. The zero-order chi connectivity index (χ0) is 18.9. The van der Waals surface area contributed by atoms with Crippen molar-refractivity contribution in [2.45, 2.75) is 6.92 Å². The fourth-order valence-electron chi connectivity index (χ4n) is 2.33. The summed E-state index contributed by atoms with van der Waals surface area (Å²) < 4.78 is 5.08. The van der Waals surface area contributed by atoms with Crippen molar-refractivity contribution in [1.82, 2.24) is 4.90 Å². The lowest BCUT2D eigenvalue weighted by Gasteiger charge is -2.19. The van der Waals surface area contributed by atoms with Crippen molar-refractivity contribution in [2.75, 3.05) is 37.4 Å². The van der Waals surface area contributed by atoms with Gasteiger partial charge in [0, 0.05) is 16.4 Å². The Labute approximate surface area is 158 Å². The Hall–Kier alpha value is -2.57. The second-order valence-corrected chi connectivity index (χ2v) is 6.07. The first-order valence-electron chi connectivity index (χ1n) is 8.22. The van der Waals surface area contributed by atoms with Crippen LogP contribution in [0.3, 0.4) is 0 Å². The van der Waals surface area contributed by atoms with E-state index >= 15 is 0 Å². The SMILES string of the molecule is CCN(CC(=O)Nc1ccc(OC)cc1)CC(=O)Nc1cccc(Cl)c1. The number of nitrogens with zero attached hydrogens (tertiary/aromatic N) is 1. The van der Waals surface area contributed by atoms with Crippen LogP contribution in [0, 0.1) is 0 Å². The second-order valence-electron chi connectivity index (χ2n) is 5.64. The van der Waals surface area contributed by atoms with Crippen LogP contribution < -0.4 is 15.4 Å². The van der Waals surface area contributed by atoms with Crippen LogP contribution in [0.25, 0.3) is 0 Å². The molecule has 0 spiro atoms. The molecule has 2 rings (SSSR count). The molecule has 0 aliphatic heterocycles. The number of likely N-dealkylation sites (N-methyl/N-ethyl adjacent to an activating group) is 1. The summed E-state index contributed by atoms with van der Waals surface area (Å²) in [4.78, 5) is 26.1. The summed E-state index contributed by atoms with van der Waals surface area (Å²) in [6, 6.07) is 14.0. The molecule has 26 heavy (non-hydrogen) atoms. The van der Waals surface area contributed by atoms with E-state index in [2.05, 4.69) is 10.6 Å². The van der Waals surface area contributed by atoms with Crippen molar-refractivity contribution in [2.24, 2.45) is 0 Å². The summed E-state index contributed by atoms with van der Waals surface area (Å²) in [6.45, 7) is 2.69. The number of anilines is 2. The largest absolute Gasteiger partial charge is 0.497 e. The first-order chi connectivity index (χ1) is 12.5. The van der Waals surface area contributed by atoms with E-state index in [1.165, 1.54) is 0 Å². The molecule has 0 saturated heterocycles. The number of hydrogen-bond acceptors (Lipinski definition) is 4. The molecular formula is C19H22ClN3O3. The van der Waals surface area contributed by atoms with Gasteiger partial charge < -0.3 is 15.4 Å². The molecule has 2 aromatic carbocycles. The number of hydrogen-bond donors (Lipinski definition) is 2. The van der Waals surface area contributed by atoms with E-state index in [-0.39, 0.29) is 24.9 Å². The molecule has 2 N–H and O–H groups in total. The Morgan fingerprint density at radius 2 is 1.62 bits per heavy atom. The van der Waals surface area contributed by atoms with Crippen molar-refractivity contribution in [3.05, 3.63) is 53.6 Å². The van der Waals surface area contributed by atoms with Gasteiger partial charge in [0.25, 0.3) is 0 Å². The smallest absolute Gasteiger partial charge is 0.238 e. The maximum Gasteiger partial charge on any atom is 0.238 e. The van der Waals surface area contributed by atoms with Gasteiger partial charge in [0.2, 0.25) is 11.8 Å².